The molecule has 3 atom stereocenters. The molecule has 0 N–H and O–H groups in total. The SMILES string of the molecule is C[C@H]1c2ccccc2[C@@H]2O[C@H]12. The summed E-state index contributed by atoms with van der Waals surface area (Å²) in [6.45, 7) is 2.25. The summed E-state index contributed by atoms with van der Waals surface area (Å²) in [5.41, 5.74) is 2.92. The Morgan fingerprint density at radius 1 is 1.18 bits per heavy atom. The topological polar surface area (TPSA) is 12.5 Å². The van der Waals surface area contributed by atoms with Crippen LogP contribution in [-0.4, -0.2) is 6.10 Å². The van der Waals surface area contributed by atoms with Gasteiger partial charge in [0.25, 0.3) is 0 Å². The Morgan fingerprint density at radius 3 is 2.64 bits per heavy atom. The van der Waals surface area contributed by atoms with E-state index in [1.54, 1.807) is 0 Å². The van der Waals surface area contributed by atoms with Gasteiger partial charge in [-0.3, -0.25) is 0 Å². The molecule has 0 aromatic heterocycles. The maximum Gasteiger partial charge on any atom is 0.110 e. The van der Waals surface area contributed by atoms with Crippen LogP contribution in [0, 0.1) is 0 Å². The zero-order valence-corrected chi connectivity index (χ0v) is 6.45. The minimum Gasteiger partial charge on any atom is -0.364 e. The average molecular weight is 146 g/mol. The molecule has 11 heavy (non-hydrogen) atoms. The van der Waals surface area contributed by atoms with Crippen molar-refractivity contribution in [2.75, 3.05) is 0 Å². The second-order valence-electron chi connectivity index (χ2n) is 3.44. The van der Waals surface area contributed by atoms with Gasteiger partial charge in [0.1, 0.15) is 6.10 Å². The number of fused-ring (bicyclic) bond motifs is 3. The van der Waals surface area contributed by atoms with Crippen molar-refractivity contribution < 1.29 is 4.74 Å². The van der Waals surface area contributed by atoms with Crippen LogP contribution in [0.1, 0.15) is 30.1 Å². The predicted molar refractivity (Wildman–Crippen MR) is 42.5 cm³/mol. The van der Waals surface area contributed by atoms with Gasteiger partial charge in [0.2, 0.25) is 0 Å². The van der Waals surface area contributed by atoms with Gasteiger partial charge in [0, 0.05) is 5.92 Å². The highest BCUT2D eigenvalue weighted by atomic mass is 16.6. The lowest BCUT2D eigenvalue weighted by Gasteiger charge is -2.06. The minimum absolute atomic E-state index is 0.446. The molecule has 1 saturated heterocycles. The smallest absolute Gasteiger partial charge is 0.110 e. The number of epoxide rings is 1. The first-order chi connectivity index (χ1) is 5.38. The molecule has 1 heterocycles. The van der Waals surface area contributed by atoms with E-state index in [0.717, 1.165) is 0 Å². The van der Waals surface area contributed by atoms with Crippen LogP contribution in [0.25, 0.3) is 0 Å². The summed E-state index contributed by atoms with van der Waals surface area (Å²) in [5, 5.41) is 0. The van der Waals surface area contributed by atoms with Crippen LogP contribution in [0.15, 0.2) is 24.3 Å². The molecule has 0 bridgehead atoms. The van der Waals surface area contributed by atoms with E-state index < -0.39 is 0 Å². The fraction of sp³-hybridized carbons (Fsp3) is 0.400. The van der Waals surface area contributed by atoms with E-state index in [4.69, 9.17) is 4.74 Å². The summed E-state index contributed by atoms with van der Waals surface area (Å²) in [5.74, 6) is 0.621. The first-order valence-corrected chi connectivity index (χ1v) is 4.12. The van der Waals surface area contributed by atoms with Crippen LogP contribution < -0.4 is 0 Å². The van der Waals surface area contributed by atoms with Gasteiger partial charge >= 0.3 is 0 Å². The summed E-state index contributed by atoms with van der Waals surface area (Å²) in [6.07, 6.45) is 0.952. The average Bonchev–Trinajstić information content (AvgIpc) is 2.78. The summed E-state index contributed by atoms with van der Waals surface area (Å²) in [7, 11) is 0. The van der Waals surface area contributed by atoms with Gasteiger partial charge in [0.15, 0.2) is 0 Å². The highest BCUT2D eigenvalue weighted by molar-refractivity contribution is 5.42. The summed E-state index contributed by atoms with van der Waals surface area (Å²) in [6, 6.07) is 8.61. The van der Waals surface area contributed by atoms with Crippen molar-refractivity contribution in [3.8, 4) is 0 Å². The zero-order valence-electron chi connectivity index (χ0n) is 6.45. The Kier molecular flexibility index (Phi) is 0.878. The highest BCUT2D eigenvalue weighted by Crippen LogP contribution is 2.55. The van der Waals surface area contributed by atoms with Crippen LogP contribution in [0.2, 0.25) is 0 Å². The molecule has 1 aliphatic carbocycles. The van der Waals surface area contributed by atoms with Crippen LogP contribution in [0.5, 0.6) is 0 Å². The third-order valence-corrected chi connectivity index (χ3v) is 2.81. The van der Waals surface area contributed by atoms with Crippen LogP contribution in [0.4, 0.5) is 0 Å². The molecule has 0 spiro atoms. The van der Waals surface area contributed by atoms with E-state index in [1.165, 1.54) is 11.1 Å². The Morgan fingerprint density at radius 2 is 1.91 bits per heavy atom. The minimum atomic E-state index is 0.446. The van der Waals surface area contributed by atoms with Gasteiger partial charge in [-0.05, 0) is 11.1 Å². The fourth-order valence-electron chi connectivity index (χ4n) is 2.12. The van der Waals surface area contributed by atoms with Gasteiger partial charge in [-0.25, -0.2) is 0 Å². The molecular formula is C10H10O. The molecule has 0 radical (unpaired) electrons. The third kappa shape index (κ3) is 0.596. The molecule has 1 nitrogen and oxygen atoms in total. The van der Waals surface area contributed by atoms with Crippen molar-refractivity contribution in [3.05, 3.63) is 35.4 Å². The van der Waals surface area contributed by atoms with Crippen LogP contribution >= 0.6 is 0 Å². The van der Waals surface area contributed by atoms with Crippen molar-refractivity contribution >= 4 is 0 Å². The fourth-order valence-corrected chi connectivity index (χ4v) is 2.12. The predicted octanol–water partition coefficient (Wildman–Crippen LogP) is 2.24. The molecule has 0 amide bonds. The van der Waals surface area contributed by atoms with E-state index in [1.807, 2.05) is 0 Å². The number of benzene rings is 1. The van der Waals surface area contributed by atoms with Gasteiger partial charge in [0.05, 0.1) is 6.10 Å². The summed E-state index contributed by atoms with van der Waals surface area (Å²) >= 11 is 0. The second kappa shape index (κ2) is 1.67. The standard InChI is InChI=1S/C10H10O/c1-6-7-4-2-3-5-8(7)10-9(6)11-10/h2-6,9-10H,1H3/t6-,9+,10-/m0/s1. The zero-order chi connectivity index (χ0) is 7.42. The molecule has 1 heteroatoms. The molecule has 1 fully saturated rings. The first kappa shape index (κ1) is 5.78. The molecule has 2 aliphatic rings. The Bertz CT molecular complexity index is 290. The van der Waals surface area contributed by atoms with E-state index in [-0.39, 0.29) is 0 Å². The van der Waals surface area contributed by atoms with E-state index >= 15 is 0 Å². The van der Waals surface area contributed by atoms with Crippen molar-refractivity contribution in [2.45, 2.75) is 25.0 Å². The number of ether oxygens (including phenoxy) is 1. The normalized spacial score (nSPS) is 38.1. The maximum atomic E-state index is 5.49. The summed E-state index contributed by atoms with van der Waals surface area (Å²) in [4.78, 5) is 0. The Labute approximate surface area is 66.0 Å². The molecule has 56 valence electrons. The lowest BCUT2D eigenvalue weighted by molar-refractivity contribution is 0.341. The quantitative estimate of drug-likeness (QED) is 0.511. The lowest BCUT2D eigenvalue weighted by Crippen LogP contribution is -1.95. The van der Waals surface area contributed by atoms with Crippen molar-refractivity contribution in [2.24, 2.45) is 0 Å². The van der Waals surface area contributed by atoms with Gasteiger partial charge < -0.3 is 4.74 Å². The third-order valence-electron chi connectivity index (χ3n) is 2.81. The van der Waals surface area contributed by atoms with Crippen LogP contribution in [0.3, 0.4) is 0 Å². The number of hydrogen-bond donors (Lipinski definition) is 0. The molecule has 0 saturated carbocycles. The van der Waals surface area contributed by atoms with Gasteiger partial charge in [-0.2, -0.15) is 0 Å². The Hall–Kier alpha value is -0.820. The van der Waals surface area contributed by atoms with E-state index in [0.29, 0.717) is 18.1 Å². The van der Waals surface area contributed by atoms with E-state index in [2.05, 4.69) is 31.2 Å². The highest BCUT2D eigenvalue weighted by Gasteiger charge is 2.51. The first-order valence-electron chi connectivity index (χ1n) is 4.12. The molecular weight excluding hydrogens is 136 g/mol. The van der Waals surface area contributed by atoms with E-state index in [9.17, 15) is 0 Å². The summed E-state index contributed by atoms with van der Waals surface area (Å²) < 4.78 is 5.49. The van der Waals surface area contributed by atoms with Crippen molar-refractivity contribution in [1.29, 1.82) is 0 Å². The molecule has 0 unspecified atom stereocenters. The van der Waals surface area contributed by atoms with Gasteiger partial charge in [-0.15, -0.1) is 0 Å². The molecule has 1 aromatic rings. The lowest BCUT2D eigenvalue weighted by atomic mass is 10.0. The van der Waals surface area contributed by atoms with Crippen molar-refractivity contribution in [3.63, 3.8) is 0 Å². The number of hydrogen-bond acceptors (Lipinski definition) is 1. The second-order valence-corrected chi connectivity index (χ2v) is 3.44. The van der Waals surface area contributed by atoms with Crippen LogP contribution in [-0.2, 0) is 4.74 Å². The molecule has 1 aliphatic heterocycles. The van der Waals surface area contributed by atoms with Gasteiger partial charge in [-0.1, -0.05) is 31.2 Å². The number of rotatable bonds is 0. The largest absolute Gasteiger partial charge is 0.364 e. The molecule has 3 rings (SSSR count). The molecule has 1 aromatic carbocycles. The van der Waals surface area contributed by atoms with Crippen molar-refractivity contribution in [1.82, 2.24) is 0 Å². The Balaban J connectivity index is 2.22. The maximum absolute atomic E-state index is 5.49. The monoisotopic (exact) mass is 146 g/mol.